The molecule has 1 spiro atoms. The van der Waals surface area contributed by atoms with E-state index in [1.54, 1.807) is 14.2 Å². The number of fused-ring (bicyclic) bond motifs is 2. The number of methoxy groups -OCH3 is 2. The van der Waals surface area contributed by atoms with E-state index in [0.29, 0.717) is 0 Å². The van der Waals surface area contributed by atoms with Gasteiger partial charge in [-0.2, -0.15) is 0 Å². The highest BCUT2D eigenvalue weighted by molar-refractivity contribution is 5.85. The van der Waals surface area contributed by atoms with E-state index in [1.165, 1.54) is 11.1 Å². The van der Waals surface area contributed by atoms with Crippen LogP contribution in [0.15, 0.2) is 48.5 Å². The summed E-state index contributed by atoms with van der Waals surface area (Å²) in [6, 6.07) is 16.0. The quantitative estimate of drug-likeness (QED) is 0.786. The molecule has 29 heavy (non-hydrogen) atoms. The van der Waals surface area contributed by atoms with Crippen molar-refractivity contribution in [3.63, 3.8) is 0 Å². The Hall–Kier alpha value is -2.08. The van der Waals surface area contributed by atoms with Crippen molar-refractivity contribution in [3.05, 3.63) is 65.2 Å². The minimum atomic E-state index is -0.137. The number of ether oxygens (including phenoxy) is 2. The van der Waals surface area contributed by atoms with Gasteiger partial charge in [0.15, 0.2) is 0 Å². The molecule has 5 nitrogen and oxygen atoms in total. The van der Waals surface area contributed by atoms with Crippen LogP contribution in [0.25, 0.3) is 0 Å². The predicted molar refractivity (Wildman–Crippen MR) is 116 cm³/mol. The van der Waals surface area contributed by atoms with E-state index in [2.05, 4.69) is 28.8 Å². The lowest BCUT2D eigenvalue weighted by molar-refractivity contribution is -0.122. The Morgan fingerprint density at radius 1 is 1.10 bits per heavy atom. The van der Waals surface area contributed by atoms with Crippen LogP contribution in [0.5, 0.6) is 5.75 Å². The van der Waals surface area contributed by atoms with Gasteiger partial charge in [0.1, 0.15) is 5.75 Å². The van der Waals surface area contributed by atoms with Crippen LogP contribution in [0.1, 0.15) is 35.6 Å². The molecule has 1 aliphatic heterocycles. The molecule has 0 saturated carbocycles. The highest BCUT2D eigenvalue weighted by Crippen LogP contribution is 2.51. The number of nitrogens with one attached hydrogen (secondary N) is 2. The zero-order chi connectivity index (χ0) is 19.6. The first-order chi connectivity index (χ1) is 13.7. The first-order valence-electron chi connectivity index (χ1n) is 9.94. The van der Waals surface area contributed by atoms with Crippen molar-refractivity contribution < 1.29 is 14.3 Å². The summed E-state index contributed by atoms with van der Waals surface area (Å²) in [5.41, 5.74) is 3.36. The maximum atomic E-state index is 12.9. The van der Waals surface area contributed by atoms with Crippen molar-refractivity contribution in [2.24, 2.45) is 0 Å². The molecule has 1 fully saturated rings. The van der Waals surface area contributed by atoms with E-state index in [9.17, 15) is 4.79 Å². The van der Waals surface area contributed by atoms with Crippen molar-refractivity contribution in [3.8, 4) is 5.75 Å². The van der Waals surface area contributed by atoms with Crippen LogP contribution >= 0.6 is 12.4 Å². The standard InChI is InChI=1S/C23H28N2O3.ClH/c1-27-19-10-6-3-7-16(19)15-20(26)25-21-17-8-4-5-9-18(17)23(22(21)28-2)11-13-24-14-12-23;/h3-10,21-22,24H,11-15H2,1-2H3,(H,25,26);1H/t21-,22+;/m1./s1. The average molecular weight is 417 g/mol. The van der Waals surface area contributed by atoms with Gasteiger partial charge in [0.2, 0.25) is 5.91 Å². The van der Waals surface area contributed by atoms with Crippen molar-refractivity contribution in [1.82, 2.24) is 10.6 Å². The van der Waals surface area contributed by atoms with Crippen molar-refractivity contribution >= 4 is 18.3 Å². The summed E-state index contributed by atoms with van der Waals surface area (Å²) in [5.74, 6) is 0.722. The molecular weight excluding hydrogens is 388 g/mol. The van der Waals surface area contributed by atoms with Gasteiger partial charge in [-0.25, -0.2) is 0 Å². The first kappa shape index (κ1) is 21.6. The van der Waals surface area contributed by atoms with Gasteiger partial charge in [-0.05, 0) is 43.1 Å². The molecule has 2 N–H and O–H groups in total. The van der Waals surface area contributed by atoms with Crippen LogP contribution in [-0.4, -0.2) is 39.3 Å². The Bertz CT molecular complexity index is 852. The van der Waals surface area contributed by atoms with E-state index in [4.69, 9.17) is 9.47 Å². The number of hydrogen-bond donors (Lipinski definition) is 2. The van der Waals surface area contributed by atoms with Gasteiger partial charge in [0, 0.05) is 18.1 Å². The Balaban J connectivity index is 0.00000240. The maximum Gasteiger partial charge on any atom is 0.225 e. The van der Waals surface area contributed by atoms with Crippen molar-refractivity contribution in [1.29, 1.82) is 0 Å². The minimum Gasteiger partial charge on any atom is -0.496 e. The fraction of sp³-hybridized carbons (Fsp3) is 0.435. The number of rotatable bonds is 5. The van der Waals surface area contributed by atoms with Crippen molar-refractivity contribution in [2.75, 3.05) is 27.3 Å². The third kappa shape index (κ3) is 3.87. The van der Waals surface area contributed by atoms with Gasteiger partial charge in [-0.1, -0.05) is 42.5 Å². The molecule has 1 aliphatic carbocycles. The maximum absolute atomic E-state index is 12.9. The van der Waals surface area contributed by atoms with Crippen LogP contribution in [0, 0.1) is 0 Å². The van der Waals surface area contributed by atoms with Crippen LogP contribution in [-0.2, 0) is 21.4 Å². The number of benzene rings is 2. The summed E-state index contributed by atoms with van der Waals surface area (Å²) in [7, 11) is 3.39. The lowest BCUT2D eigenvalue weighted by Gasteiger charge is -2.40. The fourth-order valence-electron chi connectivity index (χ4n) is 5.05. The lowest BCUT2D eigenvalue weighted by atomic mass is 9.72. The molecule has 0 aromatic heterocycles. The number of amides is 1. The topological polar surface area (TPSA) is 59.6 Å². The van der Waals surface area contributed by atoms with E-state index < -0.39 is 0 Å². The average Bonchev–Trinajstić information content (AvgIpc) is 2.97. The summed E-state index contributed by atoms with van der Waals surface area (Å²) < 4.78 is 11.4. The molecule has 1 heterocycles. The number of para-hydroxylation sites is 1. The van der Waals surface area contributed by atoms with E-state index in [0.717, 1.165) is 37.2 Å². The summed E-state index contributed by atoms with van der Waals surface area (Å²) in [6.45, 7) is 1.94. The Morgan fingerprint density at radius 3 is 2.52 bits per heavy atom. The second kappa shape index (κ2) is 9.16. The van der Waals surface area contributed by atoms with Gasteiger partial charge in [0.25, 0.3) is 0 Å². The number of carbonyl (C=O) groups is 1. The van der Waals surface area contributed by atoms with Crippen LogP contribution in [0.2, 0.25) is 0 Å². The number of piperidine rings is 1. The SMILES string of the molecule is COc1ccccc1CC(=O)N[C@@H]1c2ccccc2C2(CCNCC2)[C@H]1OC.Cl. The molecule has 2 aromatic carbocycles. The van der Waals surface area contributed by atoms with Crippen LogP contribution in [0.3, 0.4) is 0 Å². The molecular formula is C23H29ClN2O3. The zero-order valence-electron chi connectivity index (χ0n) is 16.9. The monoisotopic (exact) mass is 416 g/mol. The van der Waals surface area contributed by atoms with Crippen LogP contribution in [0.4, 0.5) is 0 Å². The molecule has 1 saturated heterocycles. The number of hydrogen-bond acceptors (Lipinski definition) is 4. The van der Waals surface area contributed by atoms with Gasteiger partial charge < -0.3 is 20.1 Å². The Kier molecular flexibility index (Phi) is 6.83. The molecule has 2 atom stereocenters. The highest BCUT2D eigenvalue weighted by Gasteiger charge is 2.53. The molecule has 0 unspecified atom stereocenters. The molecule has 0 radical (unpaired) electrons. The van der Waals surface area contributed by atoms with E-state index in [1.807, 2.05) is 30.3 Å². The minimum absolute atomic E-state index is 0. The van der Waals surface area contributed by atoms with E-state index in [-0.39, 0.29) is 42.3 Å². The van der Waals surface area contributed by atoms with Gasteiger partial charge in [-0.3, -0.25) is 4.79 Å². The third-order valence-electron chi connectivity index (χ3n) is 6.29. The molecule has 1 amide bonds. The third-order valence-corrected chi connectivity index (χ3v) is 6.29. The van der Waals surface area contributed by atoms with Gasteiger partial charge in [0.05, 0.1) is 25.7 Å². The zero-order valence-corrected chi connectivity index (χ0v) is 17.8. The summed E-state index contributed by atoms with van der Waals surface area (Å²) in [6.07, 6.45) is 2.25. The number of carbonyl (C=O) groups excluding carboxylic acids is 1. The van der Waals surface area contributed by atoms with Gasteiger partial charge in [-0.15, -0.1) is 12.4 Å². The van der Waals surface area contributed by atoms with Crippen molar-refractivity contribution in [2.45, 2.75) is 36.8 Å². The second-order valence-electron chi connectivity index (χ2n) is 7.68. The lowest BCUT2D eigenvalue weighted by Crippen LogP contribution is -2.49. The second-order valence-corrected chi connectivity index (χ2v) is 7.68. The van der Waals surface area contributed by atoms with E-state index >= 15 is 0 Å². The fourth-order valence-corrected chi connectivity index (χ4v) is 5.05. The molecule has 4 rings (SSSR count). The summed E-state index contributed by atoms with van der Waals surface area (Å²) in [4.78, 5) is 12.9. The Labute approximate surface area is 178 Å². The number of halogens is 1. The molecule has 156 valence electrons. The first-order valence-corrected chi connectivity index (χ1v) is 9.94. The summed E-state index contributed by atoms with van der Waals surface area (Å²) in [5, 5.41) is 6.72. The normalized spacial score (nSPS) is 21.9. The van der Waals surface area contributed by atoms with Gasteiger partial charge >= 0.3 is 0 Å². The van der Waals surface area contributed by atoms with Crippen LogP contribution < -0.4 is 15.4 Å². The molecule has 2 aliphatic rings. The smallest absolute Gasteiger partial charge is 0.225 e. The Morgan fingerprint density at radius 2 is 1.79 bits per heavy atom. The predicted octanol–water partition coefficient (Wildman–Crippen LogP) is 3.17. The molecule has 6 heteroatoms. The molecule has 2 aromatic rings. The summed E-state index contributed by atoms with van der Waals surface area (Å²) >= 11 is 0. The highest BCUT2D eigenvalue weighted by atomic mass is 35.5. The largest absolute Gasteiger partial charge is 0.496 e. The molecule has 0 bridgehead atoms.